The van der Waals surface area contributed by atoms with Crippen molar-refractivity contribution in [2.24, 2.45) is 7.05 Å². The van der Waals surface area contributed by atoms with Gasteiger partial charge in [0, 0.05) is 36.4 Å². The fourth-order valence-corrected chi connectivity index (χ4v) is 3.04. The average Bonchev–Trinajstić information content (AvgIpc) is 2.98. The molecular formula is C17H20BrN3O2. The smallest absolute Gasteiger partial charge is 0.223 e. The first-order valence-electron chi connectivity index (χ1n) is 7.73. The van der Waals surface area contributed by atoms with E-state index in [9.17, 15) is 4.79 Å². The SMILES string of the molecule is Cn1cncc1CCC(=O)N1CCO[C@H](c2ccc(Br)cc2)C1. The Morgan fingerprint density at radius 1 is 1.39 bits per heavy atom. The predicted octanol–water partition coefficient (Wildman–Crippen LogP) is 2.72. The summed E-state index contributed by atoms with van der Waals surface area (Å²) >= 11 is 3.44. The lowest BCUT2D eigenvalue weighted by Gasteiger charge is -2.33. The van der Waals surface area contributed by atoms with E-state index in [0.29, 0.717) is 26.1 Å². The number of ether oxygens (including phenoxy) is 1. The molecule has 0 radical (unpaired) electrons. The van der Waals surface area contributed by atoms with E-state index in [-0.39, 0.29) is 12.0 Å². The maximum atomic E-state index is 12.5. The van der Waals surface area contributed by atoms with Gasteiger partial charge in [-0.05, 0) is 24.1 Å². The minimum Gasteiger partial charge on any atom is -0.370 e. The molecule has 0 spiro atoms. The van der Waals surface area contributed by atoms with Crippen molar-refractivity contribution in [2.45, 2.75) is 18.9 Å². The third-order valence-electron chi connectivity index (χ3n) is 4.17. The van der Waals surface area contributed by atoms with Crippen molar-refractivity contribution in [1.29, 1.82) is 0 Å². The molecular weight excluding hydrogens is 358 g/mol. The van der Waals surface area contributed by atoms with Crippen molar-refractivity contribution in [3.05, 3.63) is 52.5 Å². The van der Waals surface area contributed by atoms with Gasteiger partial charge in [-0.15, -0.1) is 0 Å². The molecule has 1 aliphatic rings. The van der Waals surface area contributed by atoms with Crippen LogP contribution in [0.15, 0.2) is 41.3 Å². The van der Waals surface area contributed by atoms with Crippen LogP contribution in [0.5, 0.6) is 0 Å². The maximum Gasteiger partial charge on any atom is 0.223 e. The van der Waals surface area contributed by atoms with Crippen LogP contribution in [-0.4, -0.2) is 40.1 Å². The second-order valence-corrected chi connectivity index (χ2v) is 6.66. The molecule has 1 fully saturated rings. The van der Waals surface area contributed by atoms with Crippen LogP contribution in [-0.2, 0) is 23.0 Å². The second kappa shape index (κ2) is 7.27. The molecule has 1 atom stereocenters. The van der Waals surface area contributed by atoms with E-state index in [2.05, 4.69) is 20.9 Å². The molecule has 0 unspecified atom stereocenters. The van der Waals surface area contributed by atoms with Gasteiger partial charge in [0.1, 0.15) is 6.10 Å². The van der Waals surface area contributed by atoms with Gasteiger partial charge in [0.15, 0.2) is 0 Å². The lowest BCUT2D eigenvalue weighted by molar-refractivity contribution is -0.139. The average molecular weight is 378 g/mol. The van der Waals surface area contributed by atoms with Gasteiger partial charge in [0.2, 0.25) is 5.91 Å². The Labute approximate surface area is 144 Å². The van der Waals surface area contributed by atoms with E-state index in [4.69, 9.17) is 4.74 Å². The minimum absolute atomic E-state index is 0.0440. The minimum atomic E-state index is -0.0440. The molecule has 0 saturated carbocycles. The number of morpholine rings is 1. The summed E-state index contributed by atoms with van der Waals surface area (Å²) in [5.74, 6) is 0.177. The van der Waals surface area contributed by atoms with E-state index < -0.39 is 0 Å². The van der Waals surface area contributed by atoms with Crippen molar-refractivity contribution in [1.82, 2.24) is 14.5 Å². The van der Waals surface area contributed by atoms with Gasteiger partial charge >= 0.3 is 0 Å². The van der Waals surface area contributed by atoms with E-state index in [1.54, 1.807) is 6.33 Å². The Morgan fingerprint density at radius 3 is 2.87 bits per heavy atom. The molecule has 23 heavy (non-hydrogen) atoms. The van der Waals surface area contributed by atoms with E-state index in [1.165, 1.54) is 0 Å². The molecule has 5 nitrogen and oxygen atoms in total. The van der Waals surface area contributed by atoms with Crippen LogP contribution in [0.4, 0.5) is 0 Å². The van der Waals surface area contributed by atoms with Crippen LogP contribution < -0.4 is 0 Å². The summed E-state index contributed by atoms with van der Waals surface area (Å²) in [4.78, 5) is 18.5. The number of amides is 1. The normalized spacial score (nSPS) is 18.2. The highest BCUT2D eigenvalue weighted by molar-refractivity contribution is 9.10. The molecule has 122 valence electrons. The van der Waals surface area contributed by atoms with Gasteiger partial charge < -0.3 is 14.2 Å². The Morgan fingerprint density at radius 2 is 2.17 bits per heavy atom. The number of hydrogen-bond donors (Lipinski definition) is 0. The van der Waals surface area contributed by atoms with Gasteiger partial charge in [-0.1, -0.05) is 28.1 Å². The first-order chi connectivity index (χ1) is 11.1. The van der Waals surface area contributed by atoms with Crippen LogP contribution in [0.25, 0.3) is 0 Å². The van der Waals surface area contributed by atoms with Crippen LogP contribution in [0.1, 0.15) is 23.8 Å². The molecule has 6 heteroatoms. The van der Waals surface area contributed by atoms with Crippen LogP contribution in [0.2, 0.25) is 0 Å². The van der Waals surface area contributed by atoms with E-state index in [1.807, 2.05) is 47.0 Å². The highest BCUT2D eigenvalue weighted by atomic mass is 79.9. The van der Waals surface area contributed by atoms with Gasteiger partial charge in [-0.2, -0.15) is 0 Å². The third-order valence-corrected chi connectivity index (χ3v) is 4.70. The number of rotatable bonds is 4. The third kappa shape index (κ3) is 4.00. The summed E-state index contributed by atoms with van der Waals surface area (Å²) in [6.07, 6.45) is 4.76. The number of aryl methyl sites for hydroxylation is 2. The highest BCUT2D eigenvalue weighted by Gasteiger charge is 2.25. The zero-order valence-electron chi connectivity index (χ0n) is 13.1. The zero-order valence-corrected chi connectivity index (χ0v) is 14.7. The molecule has 1 amide bonds. The summed E-state index contributed by atoms with van der Waals surface area (Å²) in [5.41, 5.74) is 2.19. The van der Waals surface area contributed by atoms with E-state index in [0.717, 1.165) is 22.2 Å². The lowest BCUT2D eigenvalue weighted by Crippen LogP contribution is -2.42. The second-order valence-electron chi connectivity index (χ2n) is 5.75. The first kappa shape index (κ1) is 16.2. The van der Waals surface area contributed by atoms with Crippen LogP contribution in [0, 0.1) is 0 Å². The van der Waals surface area contributed by atoms with Gasteiger partial charge in [0.25, 0.3) is 0 Å². The molecule has 1 saturated heterocycles. The number of nitrogens with zero attached hydrogens (tertiary/aromatic N) is 3. The molecule has 0 N–H and O–H groups in total. The van der Waals surface area contributed by atoms with Gasteiger partial charge in [-0.25, -0.2) is 4.98 Å². The largest absolute Gasteiger partial charge is 0.370 e. The molecule has 0 aliphatic carbocycles. The summed E-state index contributed by atoms with van der Waals surface area (Å²) in [5, 5.41) is 0. The number of benzene rings is 1. The van der Waals surface area contributed by atoms with Gasteiger partial charge in [-0.3, -0.25) is 4.79 Å². The molecule has 1 aliphatic heterocycles. The van der Waals surface area contributed by atoms with Crippen molar-refractivity contribution >= 4 is 21.8 Å². The monoisotopic (exact) mass is 377 g/mol. The Bertz CT molecular complexity index is 669. The fourth-order valence-electron chi connectivity index (χ4n) is 2.77. The Hall–Kier alpha value is -1.66. The molecule has 3 rings (SSSR count). The number of carbonyl (C=O) groups excluding carboxylic acids is 1. The summed E-state index contributed by atoms with van der Waals surface area (Å²) in [7, 11) is 1.95. The Balaban J connectivity index is 1.58. The molecule has 2 aromatic rings. The van der Waals surface area contributed by atoms with Crippen molar-refractivity contribution in [3.63, 3.8) is 0 Å². The zero-order chi connectivity index (χ0) is 16.2. The molecule has 1 aromatic carbocycles. The highest BCUT2D eigenvalue weighted by Crippen LogP contribution is 2.24. The van der Waals surface area contributed by atoms with Crippen molar-refractivity contribution in [2.75, 3.05) is 19.7 Å². The summed E-state index contributed by atoms with van der Waals surface area (Å²) in [6.45, 7) is 1.86. The molecule has 2 heterocycles. The quantitative estimate of drug-likeness (QED) is 0.822. The number of carbonyl (C=O) groups is 1. The van der Waals surface area contributed by atoms with Crippen LogP contribution >= 0.6 is 15.9 Å². The Kier molecular flexibility index (Phi) is 5.13. The standard InChI is InChI=1S/C17H20BrN3O2/c1-20-12-19-10-15(20)6-7-17(22)21-8-9-23-16(11-21)13-2-4-14(18)5-3-13/h2-5,10,12,16H,6-9,11H2,1H3/t16-/m0/s1. The summed E-state index contributed by atoms with van der Waals surface area (Å²) in [6, 6.07) is 8.08. The summed E-state index contributed by atoms with van der Waals surface area (Å²) < 4.78 is 8.83. The van der Waals surface area contributed by atoms with Crippen LogP contribution in [0.3, 0.4) is 0 Å². The number of halogens is 1. The maximum absolute atomic E-state index is 12.5. The number of hydrogen-bond acceptors (Lipinski definition) is 3. The predicted molar refractivity (Wildman–Crippen MR) is 90.9 cm³/mol. The number of imidazole rings is 1. The van der Waals surface area contributed by atoms with E-state index >= 15 is 0 Å². The van der Waals surface area contributed by atoms with Crippen molar-refractivity contribution in [3.8, 4) is 0 Å². The lowest BCUT2D eigenvalue weighted by atomic mass is 10.1. The molecule has 0 bridgehead atoms. The van der Waals surface area contributed by atoms with Crippen molar-refractivity contribution < 1.29 is 9.53 Å². The molecule has 1 aromatic heterocycles. The fraction of sp³-hybridized carbons (Fsp3) is 0.412. The topological polar surface area (TPSA) is 47.4 Å². The number of aromatic nitrogens is 2. The van der Waals surface area contributed by atoms with Gasteiger partial charge in [0.05, 0.1) is 19.5 Å². The first-order valence-corrected chi connectivity index (χ1v) is 8.53.